The van der Waals surface area contributed by atoms with Crippen LogP contribution >= 0.6 is 0 Å². The number of amides is 1. The molecule has 90 valence electrons. The third-order valence-electron chi connectivity index (χ3n) is 2.14. The summed E-state index contributed by atoms with van der Waals surface area (Å²) in [5.41, 5.74) is 0.422. The summed E-state index contributed by atoms with van der Waals surface area (Å²) in [5, 5.41) is 11.0. The maximum Gasteiger partial charge on any atom is 0.271 e. The first-order valence-electron chi connectivity index (χ1n) is 5.47. The molecule has 2 rings (SSSR count). The normalized spacial score (nSPS) is 10.8. The van der Waals surface area contributed by atoms with E-state index >= 15 is 0 Å². The van der Waals surface area contributed by atoms with E-state index in [1.54, 1.807) is 27.8 Å². The van der Waals surface area contributed by atoms with Crippen LogP contribution in [0.4, 0.5) is 0 Å². The molecule has 0 aliphatic carbocycles. The molecular formula is C11H15N5O. The van der Waals surface area contributed by atoms with Gasteiger partial charge in [0.25, 0.3) is 5.91 Å². The Morgan fingerprint density at radius 1 is 1.41 bits per heavy atom. The van der Waals surface area contributed by atoms with E-state index in [1.807, 2.05) is 26.1 Å². The Labute approximate surface area is 99.2 Å². The zero-order chi connectivity index (χ0) is 12.3. The topological polar surface area (TPSA) is 64.7 Å². The number of aromatic nitrogens is 4. The highest BCUT2D eigenvalue weighted by Crippen LogP contribution is 1.97. The van der Waals surface area contributed by atoms with Crippen molar-refractivity contribution in [2.24, 2.45) is 0 Å². The number of nitrogens with zero attached hydrogens (tertiary/aromatic N) is 4. The van der Waals surface area contributed by atoms with Gasteiger partial charge in [-0.3, -0.25) is 14.2 Å². The maximum atomic E-state index is 11.7. The van der Waals surface area contributed by atoms with E-state index in [2.05, 4.69) is 15.5 Å². The van der Waals surface area contributed by atoms with Gasteiger partial charge in [-0.15, -0.1) is 0 Å². The SMILES string of the molecule is CC(C)NC(=O)c1ccn(Cn2cccn2)n1. The fourth-order valence-corrected chi connectivity index (χ4v) is 1.43. The maximum absolute atomic E-state index is 11.7. The van der Waals surface area contributed by atoms with E-state index in [4.69, 9.17) is 0 Å². The molecule has 0 fully saturated rings. The first-order valence-corrected chi connectivity index (χ1v) is 5.47. The highest BCUT2D eigenvalue weighted by atomic mass is 16.2. The molecule has 0 atom stereocenters. The van der Waals surface area contributed by atoms with Gasteiger partial charge in [-0.1, -0.05) is 0 Å². The van der Waals surface area contributed by atoms with E-state index in [0.29, 0.717) is 12.4 Å². The second-order valence-electron chi connectivity index (χ2n) is 4.06. The van der Waals surface area contributed by atoms with Gasteiger partial charge >= 0.3 is 0 Å². The summed E-state index contributed by atoms with van der Waals surface area (Å²) in [7, 11) is 0. The number of rotatable bonds is 4. The van der Waals surface area contributed by atoms with Crippen LogP contribution in [0, 0.1) is 0 Å². The van der Waals surface area contributed by atoms with Crippen LogP contribution in [0.3, 0.4) is 0 Å². The summed E-state index contributed by atoms with van der Waals surface area (Å²) >= 11 is 0. The minimum atomic E-state index is -0.154. The van der Waals surface area contributed by atoms with E-state index in [9.17, 15) is 4.79 Å². The predicted octanol–water partition coefficient (Wildman–Crippen LogP) is 0.724. The first-order chi connectivity index (χ1) is 8.15. The van der Waals surface area contributed by atoms with Crippen LogP contribution < -0.4 is 5.32 Å². The van der Waals surface area contributed by atoms with Crippen molar-refractivity contribution in [1.29, 1.82) is 0 Å². The van der Waals surface area contributed by atoms with Crippen molar-refractivity contribution in [3.8, 4) is 0 Å². The van der Waals surface area contributed by atoms with Gasteiger partial charge in [-0.05, 0) is 26.0 Å². The summed E-state index contributed by atoms with van der Waals surface area (Å²) in [6.07, 6.45) is 5.31. The minimum absolute atomic E-state index is 0.110. The van der Waals surface area contributed by atoms with E-state index in [0.717, 1.165) is 0 Å². The van der Waals surface area contributed by atoms with Gasteiger partial charge in [0.2, 0.25) is 0 Å². The van der Waals surface area contributed by atoms with Crippen LogP contribution in [-0.4, -0.2) is 31.5 Å². The molecule has 0 saturated heterocycles. The lowest BCUT2D eigenvalue weighted by molar-refractivity contribution is 0.0937. The molecule has 6 heteroatoms. The lowest BCUT2D eigenvalue weighted by atomic mass is 10.3. The third-order valence-corrected chi connectivity index (χ3v) is 2.14. The van der Waals surface area contributed by atoms with Gasteiger partial charge < -0.3 is 5.32 Å². The van der Waals surface area contributed by atoms with E-state index in [-0.39, 0.29) is 11.9 Å². The Hall–Kier alpha value is -2.11. The number of carbonyl (C=O) groups is 1. The molecule has 0 unspecified atom stereocenters. The lowest BCUT2D eigenvalue weighted by Gasteiger charge is -2.05. The van der Waals surface area contributed by atoms with Crippen LogP contribution in [0.1, 0.15) is 24.3 Å². The zero-order valence-electron chi connectivity index (χ0n) is 9.87. The van der Waals surface area contributed by atoms with Crippen LogP contribution in [-0.2, 0) is 6.67 Å². The summed E-state index contributed by atoms with van der Waals surface area (Å²) in [5.74, 6) is -0.154. The van der Waals surface area contributed by atoms with Crippen molar-refractivity contribution in [3.05, 3.63) is 36.4 Å². The van der Waals surface area contributed by atoms with Gasteiger partial charge in [0, 0.05) is 24.6 Å². The molecule has 2 aromatic heterocycles. The van der Waals surface area contributed by atoms with E-state index < -0.39 is 0 Å². The molecule has 0 spiro atoms. The molecule has 2 aromatic rings. The molecule has 0 bridgehead atoms. The average molecular weight is 233 g/mol. The Morgan fingerprint density at radius 3 is 2.88 bits per heavy atom. The molecule has 0 saturated carbocycles. The Kier molecular flexibility index (Phi) is 3.22. The Bertz CT molecular complexity index is 486. The van der Waals surface area contributed by atoms with Gasteiger partial charge in [0.15, 0.2) is 0 Å². The summed E-state index contributed by atoms with van der Waals surface area (Å²) in [6, 6.07) is 3.65. The average Bonchev–Trinajstić information content (AvgIpc) is 2.88. The summed E-state index contributed by atoms with van der Waals surface area (Å²) in [6.45, 7) is 4.33. The molecular weight excluding hydrogens is 218 g/mol. The van der Waals surface area contributed by atoms with Gasteiger partial charge in [-0.2, -0.15) is 10.2 Å². The first kappa shape index (κ1) is 11.4. The fraction of sp³-hybridized carbons (Fsp3) is 0.364. The monoisotopic (exact) mass is 233 g/mol. The summed E-state index contributed by atoms with van der Waals surface area (Å²) in [4.78, 5) is 11.7. The standard InChI is InChI=1S/C11H15N5O/c1-9(2)13-11(17)10-4-7-16(14-10)8-15-6-3-5-12-15/h3-7,9H,8H2,1-2H3,(H,13,17). The minimum Gasteiger partial charge on any atom is -0.348 e. The molecule has 0 aliphatic heterocycles. The number of carbonyl (C=O) groups excluding carboxylic acids is 1. The van der Waals surface area contributed by atoms with Crippen molar-refractivity contribution in [2.45, 2.75) is 26.6 Å². The highest BCUT2D eigenvalue weighted by Gasteiger charge is 2.10. The van der Waals surface area contributed by atoms with Crippen LogP contribution in [0.25, 0.3) is 0 Å². The zero-order valence-corrected chi connectivity index (χ0v) is 9.87. The largest absolute Gasteiger partial charge is 0.348 e. The molecule has 2 heterocycles. The van der Waals surface area contributed by atoms with Crippen molar-refractivity contribution in [2.75, 3.05) is 0 Å². The smallest absolute Gasteiger partial charge is 0.271 e. The van der Waals surface area contributed by atoms with Crippen molar-refractivity contribution in [1.82, 2.24) is 24.9 Å². The third kappa shape index (κ3) is 2.93. The van der Waals surface area contributed by atoms with Crippen LogP contribution in [0.15, 0.2) is 30.7 Å². The Balaban J connectivity index is 2.03. The van der Waals surface area contributed by atoms with Crippen molar-refractivity contribution >= 4 is 5.91 Å². The Morgan fingerprint density at radius 2 is 2.24 bits per heavy atom. The fourth-order valence-electron chi connectivity index (χ4n) is 1.43. The molecule has 0 radical (unpaired) electrons. The van der Waals surface area contributed by atoms with Crippen LogP contribution in [0.5, 0.6) is 0 Å². The second kappa shape index (κ2) is 4.82. The lowest BCUT2D eigenvalue weighted by Crippen LogP contribution is -2.30. The number of hydrogen-bond donors (Lipinski definition) is 1. The number of hydrogen-bond acceptors (Lipinski definition) is 3. The van der Waals surface area contributed by atoms with Gasteiger partial charge in [-0.25, -0.2) is 0 Å². The molecule has 1 N–H and O–H groups in total. The molecule has 6 nitrogen and oxygen atoms in total. The molecule has 0 aliphatic rings. The van der Waals surface area contributed by atoms with Gasteiger partial charge in [0.05, 0.1) is 0 Å². The van der Waals surface area contributed by atoms with E-state index in [1.165, 1.54) is 0 Å². The number of nitrogens with one attached hydrogen (secondary N) is 1. The highest BCUT2D eigenvalue weighted by molar-refractivity contribution is 5.92. The molecule has 17 heavy (non-hydrogen) atoms. The van der Waals surface area contributed by atoms with Crippen molar-refractivity contribution < 1.29 is 4.79 Å². The molecule has 0 aromatic carbocycles. The predicted molar refractivity (Wildman–Crippen MR) is 62.5 cm³/mol. The second-order valence-corrected chi connectivity index (χ2v) is 4.06. The van der Waals surface area contributed by atoms with Crippen LogP contribution in [0.2, 0.25) is 0 Å². The summed E-state index contributed by atoms with van der Waals surface area (Å²) < 4.78 is 3.40. The molecule has 1 amide bonds. The quantitative estimate of drug-likeness (QED) is 0.846. The van der Waals surface area contributed by atoms with Gasteiger partial charge in [0.1, 0.15) is 12.4 Å². The van der Waals surface area contributed by atoms with Crippen molar-refractivity contribution in [3.63, 3.8) is 0 Å².